The Morgan fingerprint density at radius 3 is 2.50 bits per heavy atom. The largest absolute Gasteiger partial charge is 0.450 e. The van der Waals surface area contributed by atoms with Crippen LogP contribution in [0.15, 0.2) is 12.2 Å². The van der Waals surface area contributed by atoms with Gasteiger partial charge in [0.25, 0.3) is 0 Å². The van der Waals surface area contributed by atoms with E-state index in [2.05, 4.69) is 37.9 Å². The van der Waals surface area contributed by atoms with Gasteiger partial charge in [-0.15, -0.1) is 0 Å². The summed E-state index contributed by atoms with van der Waals surface area (Å²) in [5.74, 6) is -0.725. The zero-order valence-electron chi connectivity index (χ0n) is 23.0. The molecule has 0 spiro atoms. The Balaban J connectivity index is 2.70. The lowest BCUT2D eigenvalue weighted by Gasteiger charge is -2.46. The van der Waals surface area contributed by atoms with E-state index in [9.17, 15) is 19.5 Å². The van der Waals surface area contributed by atoms with Crippen molar-refractivity contribution in [3.8, 4) is 0 Å². The number of hydrogen-bond acceptors (Lipinski definition) is 8. The van der Waals surface area contributed by atoms with Crippen molar-refractivity contribution >= 4 is 28.3 Å². The molecule has 3 N–H and O–H groups in total. The number of cyclic esters (lactones) is 1. The van der Waals surface area contributed by atoms with Crippen molar-refractivity contribution in [2.24, 2.45) is 28.9 Å². The van der Waals surface area contributed by atoms with E-state index in [1.165, 1.54) is 0 Å². The Morgan fingerprint density at radius 1 is 1.25 bits per heavy atom. The van der Waals surface area contributed by atoms with Gasteiger partial charge in [0.1, 0.15) is 6.10 Å². The molecule has 1 saturated heterocycles. The number of thioether (sulfide) groups is 1. The van der Waals surface area contributed by atoms with Gasteiger partial charge in [-0.25, -0.2) is 9.59 Å². The number of nitrogens with zero attached hydrogens (tertiary/aromatic N) is 1. The molecule has 8 nitrogen and oxygen atoms in total. The molecule has 0 unspecified atom stereocenters. The van der Waals surface area contributed by atoms with Crippen LogP contribution in [0.4, 0.5) is 9.59 Å². The molecule has 206 valence electrons. The summed E-state index contributed by atoms with van der Waals surface area (Å²) in [5.41, 5.74) is 3.84. The minimum absolute atomic E-state index is 0.0341. The van der Waals surface area contributed by atoms with E-state index in [1.54, 1.807) is 13.8 Å². The average Bonchev–Trinajstić information content (AvgIpc) is 2.79. The van der Waals surface area contributed by atoms with Crippen LogP contribution in [0, 0.1) is 23.2 Å². The van der Waals surface area contributed by atoms with Crippen LogP contribution >= 0.6 is 11.8 Å². The summed E-state index contributed by atoms with van der Waals surface area (Å²) in [7, 11) is 2.05. The number of carbonyl (C=O) groups excluding carboxylic acids is 3. The first-order valence-corrected chi connectivity index (χ1v) is 14.0. The molecule has 0 radical (unpaired) electrons. The first kappa shape index (κ1) is 30.6. The van der Waals surface area contributed by atoms with Gasteiger partial charge in [-0.2, -0.15) is 0 Å². The topological polar surface area (TPSA) is 119 Å². The van der Waals surface area contributed by atoms with Crippen LogP contribution in [-0.4, -0.2) is 64.0 Å². The number of hydrogen-bond donors (Lipinski definition) is 2. The van der Waals surface area contributed by atoms with E-state index in [-0.39, 0.29) is 17.9 Å². The summed E-state index contributed by atoms with van der Waals surface area (Å²) in [5, 5.41) is 10.2. The SMILES string of the molecule is CC[C@H]1OC(=O)SC(=O)[C@H](C)[C@@H](O)[C@]2(C)CC/C=C/CC[C@H]([C@@H](C)N(C)C[C@H](C)C2)[C@]1(C)OC(N)=O. The van der Waals surface area contributed by atoms with Crippen molar-refractivity contribution in [2.75, 3.05) is 13.6 Å². The second kappa shape index (κ2) is 12.8. The van der Waals surface area contributed by atoms with Gasteiger partial charge in [-0.05, 0) is 70.8 Å². The summed E-state index contributed by atoms with van der Waals surface area (Å²) >= 11 is 0.475. The van der Waals surface area contributed by atoms with Crippen molar-refractivity contribution in [1.82, 2.24) is 4.90 Å². The third-order valence-corrected chi connectivity index (χ3v) is 9.27. The molecule has 2 bridgehead atoms. The van der Waals surface area contributed by atoms with Gasteiger partial charge in [0, 0.05) is 30.3 Å². The van der Waals surface area contributed by atoms with E-state index in [4.69, 9.17) is 15.2 Å². The normalized spacial score (nSPS) is 41.0. The van der Waals surface area contributed by atoms with E-state index >= 15 is 0 Å². The second-order valence-corrected chi connectivity index (χ2v) is 12.3. The van der Waals surface area contributed by atoms with E-state index < -0.39 is 45.7 Å². The van der Waals surface area contributed by atoms with Crippen molar-refractivity contribution in [3.05, 3.63) is 12.2 Å². The minimum atomic E-state index is -1.20. The van der Waals surface area contributed by atoms with Crippen molar-refractivity contribution < 1.29 is 29.0 Å². The maximum Gasteiger partial charge on any atom is 0.405 e. The number of fused-ring (bicyclic) bond motifs is 6. The van der Waals surface area contributed by atoms with Crippen LogP contribution < -0.4 is 5.73 Å². The lowest BCUT2D eigenvalue weighted by Crippen LogP contribution is -2.57. The lowest BCUT2D eigenvalue weighted by molar-refractivity contribution is -0.121. The van der Waals surface area contributed by atoms with Gasteiger partial charge in [0.15, 0.2) is 5.60 Å². The van der Waals surface area contributed by atoms with Crippen molar-refractivity contribution in [2.45, 2.75) is 104 Å². The number of carbonyl (C=O) groups is 3. The van der Waals surface area contributed by atoms with Gasteiger partial charge < -0.3 is 25.2 Å². The number of nitrogens with two attached hydrogens (primary N) is 1. The molecule has 0 aromatic heterocycles. The molecular formula is C27H46N2O6S. The van der Waals surface area contributed by atoms with Crippen LogP contribution in [-0.2, 0) is 14.3 Å². The maximum atomic E-state index is 13.1. The summed E-state index contributed by atoms with van der Waals surface area (Å²) < 4.78 is 11.6. The number of ether oxygens (including phenoxy) is 2. The summed E-state index contributed by atoms with van der Waals surface area (Å²) in [4.78, 5) is 40.4. The molecule has 0 aromatic rings. The van der Waals surface area contributed by atoms with Crippen LogP contribution in [0.3, 0.4) is 0 Å². The van der Waals surface area contributed by atoms with Gasteiger partial charge in [0.2, 0.25) is 5.12 Å². The van der Waals surface area contributed by atoms with Gasteiger partial charge >= 0.3 is 11.4 Å². The molecule has 9 heteroatoms. The third-order valence-electron chi connectivity index (χ3n) is 8.43. The van der Waals surface area contributed by atoms with Gasteiger partial charge in [-0.1, -0.05) is 39.8 Å². The van der Waals surface area contributed by atoms with Crippen molar-refractivity contribution in [1.29, 1.82) is 0 Å². The number of aliphatic hydroxyl groups excluding tert-OH is 1. The van der Waals surface area contributed by atoms with Crippen LogP contribution in [0.1, 0.15) is 80.1 Å². The van der Waals surface area contributed by atoms with Crippen LogP contribution in [0.25, 0.3) is 0 Å². The quantitative estimate of drug-likeness (QED) is 0.376. The molecule has 1 amide bonds. The minimum Gasteiger partial charge on any atom is -0.450 e. The highest BCUT2D eigenvalue weighted by atomic mass is 32.2. The average molecular weight is 527 g/mol. The smallest absolute Gasteiger partial charge is 0.405 e. The second-order valence-electron chi connectivity index (χ2n) is 11.4. The molecule has 2 aliphatic rings. The lowest BCUT2D eigenvalue weighted by atomic mass is 9.70. The molecule has 1 fully saturated rings. The molecule has 36 heavy (non-hydrogen) atoms. The number of rotatable bonds is 2. The predicted molar refractivity (Wildman–Crippen MR) is 142 cm³/mol. The Bertz CT molecular complexity index is 822. The zero-order valence-corrected chi connectivity index (χ0v) is 23.8. The first-order valence-electron chi connectivity index (χ1n) is 13.2. The molecule has 0 saturated carbocycles. The third kappa shape index (κ3) is 7.25. The fourth-order valence-electron chi connectivity index (χ4n) is 6.38. The van der Waals surface area contributed by atoms with Crippen LogP contribution in [0.2, 0.25) is 0 Å². The fraction of sp³-hybridized carbons (Fsp3) is 0.815. The van der Waals surface area contributed by atoms with Crippen LogP contribution in [0.5, 0.6) is 0 Å². The van der Waals surface area contributed by atoms with Gasteiger partial charge in [-0.3, -0.25) is 4.79 Å². The summed E-state index contributed by atoms with van der Waals surface area (Å²) in [6, 6.07) is -0.0341. The number of aliphatic hydroxyl groups is 1. The first-order chi connectivity index (χ1) is 16.7. The number of allylic oxidation sites excluding steroid dienone is 2. The summed E-state index contributed by atoms with van der Waals surface area (Å²) in [6.07, 6.45) is 5.67. The van der Waals surface area contributed by atoms with Crippen molar-refractivity contribution in [3.63, 3.8) is 0 Å². The Hall–Kier alpha value is -1.58. The predicted octanol–water partition coefficient (Wildman–Crippen LogP) is 5.13. The van der Waals surface area contributed by atoms with E-state index in [0.29, 0.717) is 24.6 Å². The monoisotopic (exact) mass is 526 g/mol. The maximum absolute atomic E-state index is 13.1. The Labute approximate surface area is 220 Å². The molecule has 2 rings (SSSR count). The molecule has 2 heterocycles. The van der Waals surface area contributed by atoms with Gasteiger partial charge in [0.05, 0.1) is 12.0 Å². The Kier molecular flexibility index (Phi) is 10.9. The standard InChI is InChI=1S/C27H46N2O6S/c1-8-21-27(6,35-24(28)32)20-13-11-9-10-12-14-26(5,15-17(2)16-29(7)19(20)4)22(30)18(3)23(31)36-25(33)34-21/h9-10,17-22,30H,8,11-16H2,1-7H3,(H2,28,32)/b10-9+/t17-,18-,19-,20-,21-,22-,26-,27+/m1/s1. The molecule has 0 aliphatic carbocycles. The highest BCUT2D eigenvalue weighted by Gasteiger charge is 2.50. The molecular weight excluding hydrogens is 480 g/mol. The van der Waals surface area contributed by atoms with E-state index in [0.717, 1.165) is 32.2 Å². The zero-order chi connectivity index (χ0) is 27.3. The number of amides is 1. The molecule has 2 aliphatic heterocycles. The Morgan fingerprint density at radius 2 is 1.89 bits per heavy atom. The fourth-order valence-corrected chi connectivity index (χ4v) is 7.02. The number of primary amides is 1. The molecule has 8 atom stereocenters. The van der Waals surface area contributed by atoms with E-state index in [1.807, 2.05) is 13.8 Å². The highest BCUT2D eigenvalue weighted by molar-refractivity contribution is 8.25. The highest BCUT2D eigenvalue weighted by Crippen LogP contribution is 2.42. The molecule has 0 aromatic carbocycles. The summed E-state index contributed by atoms with van der Waals surface area (Å²) in [6.45, 7) is 12.4.